The number of carbonyl (C=O) groups is 1. The second-order valence-electron chi connectivity index (χ2n) is 10.0. The summed E-state index contributed by atoms with van der Waals surface area (Å²) < 4.78 is 35.6. The molecule has 0 aliphatic heterocycles. The molecular weight excluding hydrogens is 462 g/mol. The summed E-state index contributed by atoms with van der Waals surface area (Å²) in [5.74, 6) is -0.744. The van der Waals surface area contributed by atoms with E-state index >= 15 is 0 Å². The van der Waals surface area contributed by atoms with Crippen molar-refractivity contribution in [1.82, 2.24) is 20.2 Å². The number of hydrogen-bond donors (Lipinski definition) is 2. The maximum Gasteiger partial charge on any atom is 0.249 e. The van der Waals surface area contributed by atoms with E-state index in [2.05, 4.69) is 10.6 Å². The van der Waals surface area contributed by atoms with Crippen molar-refractivity contribution in [2.24, 2.45) is 5.41 Å². The average molecular weight is 499 g/mol. The van der Waals surface area contributed by atoms with Crippen LogP contribution < -0.4 is 10.6 Å². The molecule has 36 heavy (non-hydrogen) atoms. The number of benzene rings is 2. The van der Waals surface area contributed by atoms with Crippen molar-refractivity contribution < 1.29 is 18.3 Å². The Kier molecular flexibility index (Phi) is 9.34. The van der Waals surface area contributed by atoms with Crippen LogP contribution in [0.3, 0.4) is 0 Å². The van der Waals surface area contributed by atoms with Crippen molar-refractivity contribution in [3.63, 3.8) is 0 Å². The predicted octanol–water partition coefficient (Wildman–Crippen LogP) is 4.75. The zero-order valence-corrected chi connectivity index (χ0v) is 21.6. The molecular formula is C28H36F2N4O2. The van der Waals surface area contributed by atoms with Crippen LogP contribution >= 0.6 is 0 Å². The number of amides is 1. The molecule has 0 aliphatic carbocycles. The minimum Gasteiger partial charge on any atom is -0.371 e. The van der Waals surface area contributed by atoms with Gasteiger partial charge in [-0.1, -0.05) is 45.0 Å². The molecule has 1 amide bonds. The van der Waals surface area contributed by atoms with E-state index in [1.54, 1.807) is 18.2 Å². The van der Waals surface area contributed by atoms with Crippen LogP contribution in [-0.2, 0) is 16.1 Å². The first kappa shape index (κ1) is 27.5. The summed E-state index contributed by atoms with van der Waals surface area (Å²) in [6.07, 6.45) is 1.80. The van der Waals surface area contributed by atoms with Crippen LogP contribution in [0.1, 0.15) is 44.5 Å². The van der Waals surface area contributed by atoms with E-state index in [0.717, 1.165) is 18.5 Å². The van der Waals surface area contributed by atoms with E-state index in [-0.39, 0.29) is 17.5 Å². The third-order valence-electron chi connectivity index (χ3n) is 6.10. The van der Waals surface area contributed by atoms with Gasteiger partial charge >= 0.3 is 0 Å². The van der Waals surface area contributed by atoms with Crippen molar-refractivity contribution in [2.45, 2.75) is 45.8 Å². The Hall–Kier alpha value is -3.10. The lowest BCUT2D eigenvalue weighted by atomic mass is 9.76. The van der Waals surface area contributed by atoms with Gasteiger partial charge in [-0.05, 0) is 55.3 Å². The highest BCUT2D eigenvalue weighted by atomic mass is 19.1. The number of carbonyl (C=O) groups excluding carboxylic acids is 1. The Labute approximate surface area is 212 Å². The minimum atomic E-state index is -0.811. The number of methoxy groups -OCH3 is 1. The van der Waals surface area contributed by atoms with Crippen molar-refractivity contribution in [3.05, 3.63) is 77.8 Å². The summed E-state index contributed by atoms with van der Waals surface area (Å²) in [6, 6.07) is 12.6. The second kappa shape index (κ2) is 12.2. The summed E-state index contributed by atoms with van der Waals surface area (Å²) in [4.78, 5) is 18.1. The maximum atomic E-state index is 14.0. The van der Waals surface area contributed by atoms with Gasteiger partial charge in [-0.15, -0.1) is 0 Å². The Bertz CT molecular complexity index is 1160. The molecule has 3 rings (SSSR count). The number of imidazole rings is 1. The van der Waals surface area contributed by atoms with Gasteiger partial charge in [0.25, 0.3) is 0 Å². The predicted molar refractivity (Wildman–Crippen MR) is 138 cm³/mol. The van der Waals surface area contributed by atoms with E-state index in [9.17, 15) is 13.6 Å². The lowest BCUT2D eigenvalue weighted by molar-refractivity contribution is -0.134. The molecule has 1 heterocycles. The van der Waals surface area contributed by atoms with Gasteiger partial charge in [-0.25, -0.2) is 13.8 Å². The Morgan fingerprint density at radius 2 is 1.78 bits per heavy atom. The lowest BCUT2D eigenvalue weighted by Crippen LogP contribution is -2.45. The number of rotatable bonds is 11. The first-order valence-electron chi connectivity index (χ1n) is 12.2. The van der Waals surface area contributed by atoms with E-state index in [4.69, 9.17) is 9.72 Å². The maximum absolute atomic E-state index is 14.0. The average Bonchev–Trinajstić information content (AvgIpc) is 3.22. The van der Waals surface area contributed by atoms with Crippen LogP contribution in [0.25, 0.3) is 11.3 Å². The highest BCUT2D eigenvalue weighted by Crippen LogP contribution is 2.40. The Morgan fingerprint density at radius 3 is 2.39 bits per heavy atom. The molecule has 6 nitrogen and oxygen atoms in total. The highest BCUT2D eigenvalue weighted by Gasteiger charge is 2.41. The van der Waals surface area contributed by atoms with Gasteiger partial charge < -0.3 is 19.9 Å². The Morgan fingerprint density at radius 1 is 1.08 bits per heavy atom. The van der Waals surface area contributed by atoms with Gasteiger partial charge in [0.1, 0.15) is 23.6 Å². The summed E-state index contributed by atoms with van der Waals surface area (Å²) in [6.45, 7) is 7.73. The minimum absolute atomic E-state index is 0.221. The van der Waals surface area contributed by atoms with Gasteiger partial charge in [0, 0.05) is 32.0 Å². The summed E-state index contributed by atoms with van der Waals surface area (Å²) in [5, 5.41) is 6.04. The SMILES string of the molecule is CNCCCNC(=O)C(OC)[C@@H](c1nc(-c2cccc(F)c2)cn1Cc1cccc(F)c1)C(C)(C)C. The molecule has 0 bridgehead atoms. The van der Waals surface area contributed by atoms with Crippen LogP contribution in [0, 0.1) is 17.0 Å². The molecule has 2 aromatic carbocycles. The second-order valence-corrected chi connectivity index (χ2v) is 10.0. The fourth-order valence-corrected chi connectivity index (χ4v) is 4.37. The fourth-order valence-electron chi connectivity index (χ4n) is 4.37. The topological polar surface area (TPSA) is 68.2 Å². The first-order valence-corrected chi connectivity index (χ1v) is 12.2. The van der Waals surface area contributed by atoms with Crippen molar-refractivity contribution in [2.75, 3.05) is 27.2 Å². The van der Waals surface area contributed by atoms with Gasteiger partial charge in [0.05, 0.1) is 11.6 Å². The fraction of sp³-hybridized carbons (Fsp3) is 0.429. The number of nitrogens with zero attached hydrogens (tertiary/aromatic N) is 2. The molecule has 0 spiro atoms. The largest absolute Gasteiger partial charge is 0.371 e. The molecule has 2 atom stereocenters. The summed E-state index contributed by atoms with van der Waals surface area (Å²) in [7, 11) is 3.38. The molecule has 194 valence electrons. The molecule has 8 heteroatoms. The zero-order valence-electron chi connectivity index (χ0n) is 21.6. The number of halogens is 2. The van der Waals surface area contributed by atoms with Crippen molar-refractivity contribution in [1.29, 1.82) is 0 Å². The molecule has 3 aromatic rings. The van der Waals surface area contributed by atoms with Gasteiger partial charge in [-0.2, -0.15) is 0 Å². The van der Waals surface area contributed by atoms with E-state index in [0.29, 0.717) is 30.2 Å². The third-order valence-corrected chi connectivity index (χ3v) is 6.10. The first-order chi connectivity index (χ1) is 17.1. The normalized spacial score (nSPS) is 13.4. The van der Waals surface area contributed by atoms with Crippen LogP contribution in [-0.4, -0.2) is 48.8 Å². The lowest BCUT2D eigenvalue weighted by Gasteiger charge is -2.35. The zero-order chi connectivity index (χ0) is 26.3. The number of nitrogens with one attached hydrogen (secondary N) is 2. The molecule has 1 aromatic heterocycles. The monoisotopic (exact) mass is 498 g/mol. The molecule has 1 unspecified atom stereocenters. The van der Waals surface area contributed by atoms with Crippen molar-refractivity contribution >= 4 is 5.91 Å². The standard InChI is InChI=1S/C28H36F2N4O2/c1-28(2,3)24(25(36-5)27(35)32-14-8-13-31-4)26-33-23(20-10-7-12-22(30)16-20)18-34(26)17-19-9-6-11-21(29)15-19/h6-7,9-12,15-16,18,24-25,31H,8,13-14,17H2,1-5H3,(H,32,35)/t24-,25?/m0/s1. The van der Waals surface area contributed by atoms with Crippen molar-refractivity contribution in [3.8, 4) is 11.3 Å². The molecule has 0 saturated heterocycles. The number of hydrogen-bond acceptors (Lipinski definition) is 4. The van der Waals surface area contributed by atoms with Crippen LogP contribution in [0.4, 0.5) is 8.78 Å². The van der Waals surface area contributed by atoms with E-state index in [1.807, 2.05) is 44.6 Å². The highest BCUT2D eigenvalue weighted by molar-refractivity contribution is 5.82. The van der Waals surface area contributed by atoms with Gasteiger partial charge in [0.15, 0.2) is 0 Å². The molecule has 0 radical (unpaired) electrons. The molecule has 0 aliphatic rings. The van der Waals surface area contributed by atoms with E-state index < -0.39 is 17.4 Å². The molecule has 0 saturated carbocycles. The number of ether oxygens (including phenoxy) is 1. The van der Waals surface area contributed by atoms with Gasteiger partial charge in [0.2, 0.25) is 5.91 Å². The number of aromatic nitrogens is 2. The Balaban J connectivity index is 2.07. The van der Waals surface area contributed by atoms with E-state index in [1.165, 1.54) is 31.4 Å². The van der Waals surface area contributed by atoms with Crippen LogP contribution in [0.5, 0.6) is 0 Å². The molecule has 0 fully saturated rings. The smallest absolute Gasteiger partial charge is 0.249 e. The van der Waals surface area contributed by atoms with Crippen LogP contribution in [0.15, 0.2) is 54.7 Å². The molecule has 2 N–H and O–H groups in total. The third kappa shape index (κ3) is 6.98. The summed E-state index contributed by atoms with van der Waals surface area (Å²) >= 11 is 0. The van der Waals surface area contributed by atoms with Crippen LogP contribution in [0.2, 0.25) is 0 Å². The summed E-state index contributed by atoms with van der Waals surface area (Å²) in [5.41, 5.74) is 1.51. The quantitative estimate of drug-likeness (QED) is 0.375. The van der Waals surface area contributed by atoms with Gasteiger partial charge in [-0.3, -0.25) is 4.79 Å².